The van der Waals surface area contributed by atoms with Gasteiger partial charge in [0.15, 0.2) is 5.69 Å². The topological polar surface area (TPSA) is 55.1 Å². The SMILES string of the molecule is O=C(O)Cn1nc(C(F)(F)F)c(Br)c1C1CC1. The van der Waals surface area contributed by atoms with Gasteiger partial charge in [-0.3, -0.25) is 9.48 Å². The van der Waals surface area contributed by atoms with Crippen molar-refractivity contribution >= 4 is 21.9 Å². The highest BCUT2D eigenvalue weighted by Crippen LogP contribution is 2.46. The molecule has 1 heterocycles. The molecule has 1 fully saturated rings. The highest BCUT2D eigenvalue weighted by atomic mass is 79.9. The maximum absolute atomic E-state index is 12.6. The first-order chi connectivity index (χ1) is 7.80. The Balaban J connectivity index is 2.47. The van der Waals surface area contributed by atoms with Crippen molar-refractivity contribution < 1.29 is 23.1 Å². The van der Waals surface area contributed by atoms with Crippen molar-refractivity contribution in [2.45, 2.75) is 31.5 Å². The zero-order valence-corrected chi connectivity index (χ0v) is 10.0. The fourth-order valence-corrected chi connectivity index (χ4v) is 2.46. The number of nitrogens with zero attached hydrogens (tertiary/aromatic N) is 2. The molecule has 1 aromatic heterocycles. The number of aliphatic carboxylic acids is 1. The summed E-state index contributed by atoms with van der Waals surface area (Å²) in [6.45, 7) is -0.555. The fraction of sp³-hybridized carbons (Fsp3) is 0.556. The van der Waals surface area contributed by atoms with Crippen LogP contribution in [0.2, 0.25) is 0 Å². The van der Waals surface area contributed by atoms with Crippen LogP contribution in [0, 0.1) is 0 Å². The maximum Gasteiger partial charge on any atom is 0.436 e. The molecular weight excluding hydrogens is 305 g/mol. The van der Waals surface area contributed by atoms with E-state index in [1.54, 1.807) is 0 Å². The minimum absolute atomic E-state index is 0.0210. The number of hydrogen-bond donors (Lipinski definition) is 1. The second-order valence-corrected chi connectivity index (χ2v) is 4.66. The van der Waals surface area contributed by atoms with Crippen molar-refractivity contribution in [3.63, 3.8) is 0 Å². The predicted molar refractivity (Wildman–Crippen MR) is 54.5 cm³/mol. The van der Waals surface area contributed by atoms with E-state index in [-0.39, 0.29) is 10.4 Å². The first-order valence-electron chi connectivity index (χ1n) is 4.86. The van der Waals surface area contributed by atoms with Crippen LogP contribution in [0.3, 0.4) is 0 Å². The van der Waals surface area contributed by atoms with Crippen LogP contribution in [-0.2, 0) is 17.5 Å². The average Bonchev–Trinajstić information content (AvgIpc) is 2.90. The van der Waals surface area contributed by atoms with Gasteiger partial charge in [0.2, 0.25) is 0 Å². The van der Waals surface area contributed by atoms with E-state index < -0.39 is 24.4 Å². The Kier molecular flexibility index (Phi) is 2.92. The van der Waals surface area contributed by atoms with E-state index in [9.17, 15) is 18.0 Å². The molecule has 0 radical (unpaired) electrons. The Labute approximate surface area is 103 Å². The van der Waals surface area contributed by atoms with E-state index in [2.05, 4.69) is 21.0 Å². The molecule has 1 N–H and O–H groups in total. The van der Waals surface area contributed by atoms with Gasteiger partial charge in [-0.15, -0.1) is 0 Å². The molecule has 0 aliphatic heterocycles. The Hall–Kier alpha value is -1.05. The molecule has 17 heavy (non-hydrogen) atoms. The summed E-state index contributed by atoms with van der Waals surface area (Å²) < 4.78 is 38.6. The lowest BCUT2D eigenvalue weighted by molar-refractivity contribution is -0.143. The number of carbonyl (C=O) groups is 1. The van der Waals surface area contributed by atoms with Crippen LogP contribution in [0.5, 0.6) is 0 Å². The van der Waals surface area contributed by atoms with E-state index in [4.69, 9.17) is 5.11 Å². The van der Waals surface area contributed by atoms with Gasteiger partial charge in [-0.25, -0.2) is 0 Å². The Bertz CT molecular complexity index is 466. The van der Waals surface area contributed by atoms with Crippen LogP contribution in [0.1, 0.15) is 30.1 Å². The van der Waals surface area contributed by atoms with Crippen LogP contribution in [0.25, 0.3) is 0 Å². The molecule has 0 atom stereocenters. The number of halogens is 4. The fourth-order valence-electron chi connectivity index (χ4n) is 1.63. The van der Waals surface area contributed by atoms with E-state index in [0.29, 0.717) is 5.69 Å². The van der Waals surface area contributed by atoms with Crippen molar-refractivity contribution in [2.75, 3.05) is 0 Å². The third kappa shape index (κ3) is 2.46. The molecule has 0 amide bonds. The normalized spacial score (nSPS) is 16.2. The lowest BCUT2D eigenvalue weighted by Crippen LogP contribution is -2.14. The minimum atomic E-state index is -4.58. The molecule has 0 aromatic carbocycles. The summed E-state index contributed by atoms with van der Waals surface area (Å²) in [5.74, 6) is -1.23. The number of carboxylic acid groups (broad SMARTS) is 1. The van der Waals surface area contributed by atoms with Gasteiger partial charge in [0.1, 0.15) is 6.54 Å². The van der Waals surface area contributed by atoms with Crippen LogP contribution in [0.4, 0.5) is 13.2 Å². The molecule has 1 aliphatic rings. The zero-order chi connectivity index (χ0) is 12.8. The molecule has 1 aromatic rings. The van der Waals surface area contributed by atoms with E-state index >= 15 is 0 Å². The van der Waals surface area contributed by atoms with Gasteiger partial charge >= 0.3 is 12.1 Å². The lowest BCUT2D eigenvalue weighted by atomic mass is 10.2. The van der Waals surface area contributed by atoms with E-state index in [1.165, 1.54) is 0 Å². The highest BCUT2D eigenvalue weighted by molar-refractivity contribution is 9.10. The summed E-state index contributed by atoms with van der Waals surface area (Å²) in [6, 6.07) is 0. The van der Waals surface area contributed by atoms with Crippen molar-refractivity contribution in [1.82, 2.24) is 9.78 Å². The summed E-state index contributed by atoms with van der Waals surface area (Å²) in [4.78, 5) is 10.6. The predicted octanol–water partition coefficient (Wildman–Crippen LogP) is 2.63. The van der Waals surface area contributed by atoms with Crippen molar-refractivity contribution in [3.05, 3.63) is 15.9 Å². The van der Waals surface area contributed by atoms with Crippen molar-refractivity contribution in [1.29, 1.82) is 0 Å². The van der Waals surface area contributed by atoms with Crippen LogP contribution >= 0.6 is 15.9 Å². The van der Waals surface area contributed by atoms with Crippen LogP contribution in [-0.4, -0.2) is 20.9 Å². The minimum Gasteiger partial charge on any atom is -0.480 e. The average molecular weight is 313 g/mol. The summed E-state index contributed by atoms with van der Waals surface area (Å²) in [6.07, 6.45) is -3.05. The molecule has 94 valence electrons. The van der Waals surface area contributed by atoms with Crippen LogP contribution in [0.15, 0.2) is 4.47 Å². The van der Waals surface area contributed by atoms with E-state index in [0.717, 1.165) is 17.5 Å². The lowest BCUT2D eigenvalue weighted by Gasteiger charge is -2.02. The summed E-state index contributed by atoms with van der Waals surface area (Å²) in [5.41, 5.74) is -0.722. The summed E-state index contributed by atoms with van der Waals surface area (Å²) in [5, 5.41) is 12.0. The first kappa shape index (κ1) is 12.4. The number of alkyl halides is 3. The second kappa shape index (κ2) is 4.01. The molecule has 2 rings (SSSR count). The number of hydrogen-bond acceptors (Lipinski definition) is 2. The van der Waals surface area contributed by atoms with Crippen molar-refractivity contribution in [3.8, 4) is 0 Å². The van der Waals surface area contributed by atoms with Gasteiger partial charge in [0.25, 0.3) is 0 Å². The summed E-state index contributed by atoms with van der Waals surface area (Å²) >= 11 is 2.87. The molecule has 8 heteroatoms. The smallest absolute Gasteiger partial charge is 0.436 e. The molecular formula is C9H8BrF3N2O2. The molecule has 1 saturated carbocycles. The third-order valence-electron chi connectivity index (χ3n) is 2.45. The molecule has 0 saturated heterocycles. The Morgan fingerprint density at radius 3 is 2.53 bits per heavy atom. The zero-order valence-electron chi connectivity index (χ0n) is 8.46. The third-order valence-corrected chi connectivity index (χ3v) is 3.23. The maximum atomic E-state index is 12.6. The standard InChI is InChI=1S/C9H8BrF3N2O2/c10-6-7(4-1-2-4)15(3-5(16)17)14-8(6)9(11,12)13/h4H,1-3H2,(H,16,17). The Morgan fingerprint density at radius 1 is 1.53 bits per heavy atom. The van der Waals surface area contributed by atoms with Gasteiger partial charge in [0, 0.05) is 5.92 Å². The number of carboxylic acids is 1. The molecule has 1 aliphatic carbocycles. The summed E-state index contributed by atoms with van der Waals surface area (Å²) in [7, 11) is 0. The number of rotatable bonds is 3. The highest BCUT2D eigenvalue weighted by Gasteiger charge is 2.41. The first-order valence-corrected chi connectivity index (χ1v) is 5.65. The second-order valence-electron chi connectivity index (χ2n) is 3.87. The molecule has 0 spiro atoms. The van der Waals surface area contributed by atoms with Gasteiger partial charge in [0.05, 0.1) is 10.2 Å². The Morgan fingerprint density at radius 2 is 2.12 bits per heavy atom. The van der Waals surface area contributed by atoms with Gasteiger partial charge in [-0.05, 0) is 28.8 Å². The number of aromatic nitrogens is 2. The van der Waals surface area contributed by atoms with Gasteiger partial charge in [-0.1, -0.05) is 0 Å². The molecule has 0 unspecified atom stereocenters. The largest absolute Gasteiger partial charge is 0.480 e. The van der Waals surface area contributed by atoms with Crippen molar-refractivity contribution in [2.24, 2.45) is 0 Å². The molecule has 0 bridgehead atoms. The van der Waals surface area contributed by atoms with Gasteiger partial charge in [-0.2, -0.15) is 18.3 Å². The molecule has 4 nitrogen and oxygen atoms in total. The van der Waals surface area contributed by atoms with E-state index in [1.807, 2.05) is 0 Å². The quantitative estimate of drug-likeness (QED) is 0.933. The van der Waals surface area contributed by atoms with Gasteiger partial charge < -0.3 is 5.11 Å². The van der Waals surface area contributed by atoms with Crippen LogP contribution < -0.4 is 0 Å². The monoisotopic (exact) mass is 312 g/mol.